The minimum absolute atomic E-state index is 0.292. The lowest BCUT2D eigenvalue weighted by atomic mass is 10.0. The van der Waals surface area contributed by atoms with Crippen molar-refractivity contribution in [2.75, 3.05) is 0 Å². The maximum absolute atomic E-state index is 11.5. The van der Waals surface area contributed by atoms with Gasteiger partial charge >= 0.3 is 0 Å². The van der Waals surface area contributed by atoms with Crippen molar-refractivity contribution in [1.82, 2.24) is 20.0 Å². The van der Waals surface area contributed by atoms with E-state index < -0.39 is 0 Å². The quantitative estimate of drug-likeness (QED) is 0.437. The third-order valence-electron chi connectivity index (χ3n) is 4.14. The Hall–Kier alpha value is -2.73. The zero-order chi connectivity index (χ0) is 17.3. The van der Waals surface area contributed by atoms with Gasteiger partial charge in [-0.25, -0.2) is 15.3 Å². The molecule has 2 aromatic heterocycles. The van der Waals surface area contributed by atoms with E-state index >= 15 is 0 Å². The first-order valence-electron chi connectivity index (χ1n) is 7.98. The summed E-state index contributed by atoms with van der Waals surface area (Å²) >= 11 is 0. The third-order valence-corrected chi connectivity index (χ3v) is 4.14. The monoisotopic (exact) mass is 323 g/mol. The number of nitrogens with zero attached hydrogens (tertiary/aromatic N) is 3. The van der Waals surface area contributed by atoms with E-state index in [9.17, 15) is 4.79 Å². The van der Waals surface area contributed by atoms with Crippen LogP contribution in [-0.2, 0) is 12.8 Å². The van der Waals surface area contributed by atoms with Crippen LogP contribution in [0.1, 0.15) is 45.5 Å². The van der Waals surface area contributed by atoms with E-state index in [1.165, 1.54) is 0 Å². The molecule has 1 amide bonds. The third kappa shape index (κ3) is 2.88. The van der Waals surface area contributed by atoms with Gasteiger partial charge in [0.1, 0.15) is 0 Å². The van der Waals surface area contributed by atoms with Crippen LogP contribution in [0.25, 0.3) is 5.65 Å². The Morgan fingerprint density at radius 3 is 2.58 bits per heavy atom. The Bertz CT molecular complexity index is 896. The summed E-state index contributed by atoms with van der Waals surface area (Å²) in [7, 11) is 0. The molecule has 124 valence electrons. The lowest BCUT2D eigenvalue weighted by Crippen LogP contribution is -2.29. The zero-order valence-corrected chi connectivity index (χ0v) is 14.1. The predicted octanol–water partition coefficient (Wildman–Crippen LogP) is 2.10. The van der Waals surface area contributed by atoms with Crippen LogP contribution in [0.5, 0.6) is 0 Å². The molecule has 6 nitrogen and oxygen atoms in total. The van der Waals surface area contributed by atoms with Crippen molar-refractivity contribution >= 4 is 11.6 Å². The number of hydrazine groups is 1. The summed E-state index contributed by atoms with van der Waals surface area (Å²) in [4.78, 5) is 16.2. The first kappa shape index (κ1) is 16.1. The van der Waals surface area contributed by atoms with Gasteiger partial charge in [-0.3, -0.25) is 10.2 Å². The molecule has 1 aromatic carbocycles. The number of rotatable bonds is 4. The van der Waals surface area contributed by atoms with Gasteiger partial charge in [-0.2, -0.15) is 5.10 Å². The molecule has 0 aliphatic rings. The van der Waals surface area contributed by atoms with Crippen LogP contribution in [0.15, 0.2) is 30.3 Å². The Kier molecular flexibility index (Phi) is 4.31. The Labute approximate surface area is 140 Å². The number of aryl methyl sites for hydroxylation is 3. The van der Waals surface area contributed by atoms with Crippen LogP contribution in [0.4, 0.5) is 0 Å². The molecule has 0 bridgehead atoms. The molecule has 24 heavy (non-hydrogen) atoms. The number of benzene rings is 1. The molecule has 6 heteroatoms. The normalized spacial score (nSPS) is 11.0. The molecule has 3 aromatic rings. The van der Waals surface area contributed by atoms with Gasteiger partial charge in [-0.05, 0) is 44.0 Å². The summed E-state index contributed by atoms with van der Waals surface area (Å²) in [6, 6.07) is 9.47. The van der Waals surface area contributed by atoms with Gasteiger partial charge in [0, 0.05) is 28.9 Å². The van der Waals surface area contributed by atoms with Crippen LogP contribution >= 0.6 is 0 Å². The van der Waals surface area contributed by atoms with E-state index in [-0.39, 0.29) is 5.91 Å². The van der Waals surface area contributed by atoms with E-state index in [4.69, 9.17) is 10.9 Å². The lowest BCUT2D eigenvalue weighted by molar-refractivity contribution is 0.0953. The summed E-state index contributed by atoms with van der Waals surface area (Å²) in [5.74, 6) is 4.87. The van der Waals surface area contributed by atoms with Crippen molar-refractivity contribution in [3.05, 3.63) is 64.1 Å². The first-order valence-corrected chi connectivity index (χ1v) is 7.98. The first-order chi connectivity index (χ1) is 11.5. The second kappa shape index (κ2) is 6.41. The minimum Gasteiger partial charge on any atom is -0.290 e. The van der Waals surface area contributed by atoms with E-state index in [1.54, 1.807) is 12.1 Å². The summed E-state index contributed by atoms with van der Waals surface area (Å²) < 4.78 is 1.91. The second-order valence-electron chi connectivity index (χ2n) is 5.90. The molecule has 0 unspecified atom stereocenters. The van der Waals surface area contributed by atoms with E-state index in [1.807, 2.05) is 36.6 Å². The molecule has 3 N–H and O–H groups in total. The van der Waals surface area contributed by atoms with E-state index in [0.717, 1.165) is 46.7 Å². The lowest BCUT2D eigenvalue weighted by Gasteiger charge is -2.05. The van der Waals surface area contributed by atoms with Gasteiger partial charge in [0.15, 0.2) is 5.65 Å². The largest absolute Gasteiger partial charge is 0.290 e. The highest BCUT2D eigenvalue weighted by molar-refractivity contribution is 5.93. The van der Waals surface area contributed by atoms with Gasteiger partial charge in [0.25, 0.3) is 5.91 Å². The Morgan fingerprint density at radius 2 is 1.96 bits per heavy atom. The van der Waals surface area contributed by atoms with Crippen LogP contribution in [0.3, 0.4) is 0 Å². The van der Waals surface area contributed by atoms with Crippen LogP contribution in [0.2, 0.25) is 0 Å². The number of nitrogen functional groups attached to an aromatic ring is 1. The number of fused-ring (bicyclic) bond motifs is 1. The summed E-state index contributed by atoms with van der Waals surface area (Å²) in [5, 5.41) is 4.70. The molecular weight excluding hydrogens is 302 g/mol. The van der Waals surface area contributed by atoms with E-state index in [0.29, 0.717) is 5.56 Å². The molecule has 0 saturated heterocycles. The van der Waals surface area contributed by atoms with Crippen LogP contribution in [-0.4, -0.2) is 20.5 Å². The van der Waals surface area contributed by atoms with Gasteiger partial charge < -0.3 is 0 Å². The highest BCUT2D eigenvalue weighted by atomic mass is 16.2. The number of nitrogens with two attached hydrogens (primary N) is 1. The molecule has 0 saturated carbocycles. The highest BCUT2D eigenvalue weighted by Crippen LogP contribution is 2.21. The average molecular weight is 323 g/mol. The van der Waals surface area contributed by atoms with Crippen LogP contribution in [0, 0.1) is 13.8 Å². The molecule has 0 radical (unpaired) electrons. The molecule has 0 spiro atoms. The maximum Gasteiger partial charge on any atom is 0.265 e. The molecule has 0 aliphatic heterocycles. The smallest absolute Gasteiger partial charge is 0.265 e. The van der Waals surface area contributed by atoms with Crippen molar-refractivity contribution < 1.29 is 4.79 Å². The summed E-state index contributed by atoms with van der Waals surface area (Å²) in [6.07, 6.45) is 1.58. The number of carbonyl (C=O) groups excluding carboxylic acids is 1. The van der Waals surface area contributed by atoms with Gasteiger partial charge in [-0.15, -0.1) is 0 Å². The van der Waals surface area contributed by atoms with Crippen molar-refractivity contribution in [3.8, 4) is 0 Å². The van der Waals surface area contributed by atoms with E-state index in [2.05, 4.69) is 17.3 Å². The number of amides is 1. The maximum atomic E-state index is 11.5. The standard InChI is InChI=1S/C18H21N5O/c1-4-16-15(17-20-11(2)9-12(3)23(17)22-16)10-13-5-7-14(8-6-13)18(24)21-19/h5-9H,4,10,19H2,1-3H3,(H,21,24). The van der Waals surface area contributed by atoms with Gasteiger partial charge in [-0.1, -0.05) is 19.1 Å². The van der Waals surface area contributed by atoms with Crippen LogP contribution < -0.4 is 11.3 Å². The number of nitrogens with one attached hydrogen (secondary N) is 1. The number of aromatic nitrogens is 3. The number of hydrogen-bond acceptors (Lipinski definition) is 4. The van der Waals surface area contributed by atoms with Gasteiger partial charge in [0.05, 0.1) is 5.69 Å². The molecule has 0 fully saturated rings. The summed E-state index contributed by atoms with van der Waals surface area (Å²) in [6.45, 7) is 6.13. The predicted molar refractivity (Wildman–Crippen MR) is 92.7 cm³/mol. The molecule has 2 heterocycles. The fourth-order valence-electron chi connectivity index (χ4n) is 2.94. The SMILES string of the molecule is CCc1nn2c(C)cc(C)nc2c1Cc1ccc(C(=O)NN)cc1. The van der Waals surface area contributed by atoms with Crippen molar-refractivity contribution in [3.63, 3.8) is 0 Å². The molecule has 0 atom stereocenters. The zero-order valence-electron chi connectivity index (χ0n) is 14.1. The molecular formula is C18H21N5O. The Morgan fingerprint density at radius 1 is 1.25 bits per heavy atom. The van der Waals surface area contributed by atoms with Crippen molar-refractivity contribution in [2.45, 2.75) is 33.6 Å². The number of carbonyl (C=O) groups is 1. The minimum atomic E-state index is -0.292. The number of hydrogen-bond donors (Lipinski definition) is 2. The molecule has 0 aliphatic carbocycles. The molecule has 3 rings (SSSR count). The summed E-state index contributed by atoms with van der Waals surface area (Å²) in [5.41, 5.74) is 8.96. The average Bonchev–Trinajstić information content (AvgIpc) is 2.93. The Balaban J connectivity index is 2.01. The fraction of sp³-hybridized carbons (Fsp3) is 0.278. The van der Waals surface area contributed by atoms with Gasteiger partial charge in [0.2, 0.25) is 0 Å². The topological polar surface area (TPSA) is 85.3 Å². The highest BCUT2D eigenvalue weighted by Gasteiger charge is 2.15. The van der Waals surface area contributed by atoms with Crippen molar-refractivity contribution in [2.24, 2.45) is 5.84 Å². The van der Waals surface area contributed by atoms with Crippen molar-refractivity contribution in [1.29, 1.82) is 0 Å². The second-order valence-corrected chi connectivity index (χ2v) is 5.90. The fourth-order valence-corrected chi connectivity index (χ4v) is 2.94.